The molecule has 40 heavy (non-hydrogen) atoms. The summed E-state index contributed by atoms with van der Waals surface area (Å²) in [5.41, 5.74) is 4.17. The fourth-order valence-corrected chi connectivity index (χ4v) is 6.03. The van der Waals surface area contributed by atoms with Crippen LogP contribution in [-0.2, 0) is 10.0 Å². The number of methoxy groups -OCH3 is 1. The number of benzene rings is 1. The lowest BCUT2D eigenvalue weighted by Gasteiger charge is -2.32. The molecule has 6 rings (SSSR count). The van der Waals surface area contributed by atoms with Gasteiger partial charge in [0.15, 0.2) is 5.65 Å². The average molecular weight is 562 g/mol. The van der Waals surface area contributed by atoms with Crippen molar-refractivity contribution in [2.45, 2.75) is 11.8 Å². The monoisotopic (exact) mass is 561 g/mol. The number of hydrogen-bond donors (Lipinski definition) is 1. The van der Waals surface area contributed by atoms with E-state index < -0.39 is 10.0 Å². The van der Waals surface area contributed by atoms with Crippen LogP contribution in [0.1, 0.15) is 5.69 Å². The van der Waals surface area contributed by atoms with E-state index in [1.807, 2.05) is 25.3 Å². The van der Waals surface area contributed by atoms with Gasteiger partial charge in [0.05, 0.1) is 40.7 Å². The number of nitrogens with zero attached hydrogens (tertiary/aromatic N) is 8. The van der Waals surface area contributed by atoms with Gasteiger partial charge >= 0.3 is 0 Å². The van der Waals surface area contributed by atoms with Crippen LogP contribution in [0.3, 0.4) is 0 Å². The number of ether oxygens (including phenoxy) is 1. The first-order valence-corrected chi connectivity index (χ1v) is 14.6. The van der Waals surface area contributed by atoms with Gasteiger partial charge in [-0.15, -0.1) is 0 Å². The summed E-state index contributed by atoms with van der Waals surface area (Å²) in [4.78, 5) is 13.8. The smallest absolute Gasteiger partial charge is 0.240 e. The van der Waals surface area contributed by atoms with E-state index in [1.54, 1.807) is 53.1 Å². The standard InChI is InChI=1S/C27H31N9O3S/c1-19-21-17-29-23(22-18-30-35-9-4-7-28-27(22)35)16-24(21)36(32-19)25-15-20(5-6-26(25)39-3)40(37,38)31-8-10-34-13-11-33(2)12-14-34/h4-7,9,15-18,31H,8,10-14H2,1-3H3. The summed E-state index contributed by atoms with van der Waals surface area (Å²) in [6.07, 6.45) is 7.03. The van der Waals surface area contributed by atoms with Gasteiger partial charge in [0.25, 0.3) is 0 Å². The predicted molar refractivity (Wildman–Crippen MR) is 151 cm³/mol. The predicted octanol–water partition coefficient (Wildman–Crippen LogP) is 1.97. The van der Waals surface area contributed by atoms with Gasteiger partial charge in [-0.2, -0.15) is 10.2 Å². The zero-order valence-electron chi connectivity index (χ0n) is 22.6. The maximum absolute atomic E-state index is 13.3. The van der Waals surface area contributed by atoms with Crippen LogP contribution in [0.2, 0.25) is 0 Å². The molecule has 4 aromatic heterocycles. The van der Waals surface area contributed by atoms with Gasteiger partial charge < -0.3 is 9.64 Å². The molecule has 0 atom stereocenters. The molecule has 5 heterocycles. The molecule has 1 aliphatic heterocycles. The number of aromatic nitrogens is 6. The Morgan fingerprint density at radius 3 is 2.70 bits per heavy atom. The molecule has 1 N–H and O–H groups in total. The van der Waals surface area contributed by atoms with Gasteiger partial charge in [0.2, 0.25) is 10.0 Å². The highest BCUT2D eigenvalue weighted by Gasteiger charge is 2.21. The Morgan fingerprint density at radius 2 is 1.90 bits per heavy atom. The number of nitrogens with one attached hydrogen (secondary N) is 1. The molecule has 1 aliphatic rings. The molecule has 13 heteroatoms. The van der Waals surface area contributed by atoms with Crippen molar-refractivity contribution in [2.75, 3.05) is 53.4 Å². The van der Waals surface area contributed by atoms with E-state index in [9.17, 15) is 8.42 Å². The maximum atomic E-state index is 13.3. The Hall–Kier alpha value is -3.91. The number of hydrogen-bond acceptors (Lipinski definition) is 9. The van der Waals surface area contributed by atoms with Gasteiger partial charge in [-0.25, -0.2) is 27.3 Å². The average Bonchev–Trinajstić information content (AvgIpc) is 3.54. The van der Waals surface area contributed by atoms with Crippen LogP contribution in [-0.4, -0.2) is 101 Å². The lowest BCUT2D eigenvalue weighted by Crippen LogP contribution is -2.46. The van der Waals surface area contributed by atoms with Crippen LogP contribution < -0.4 is 9.46 Å². The number of sulfonamides is 1. The topological polar surface area (TPSA) is 123 Å². The van der Waals surface area contributed by atoms with Crippen LogP contribution in [0, 0.1) is 6.92 Å². The van der Waals surface area contributed by atoms with Crippen LogP contribution in [0.5, 0.6) is 5.75 Å². The Balaban J connectivity index is 1.34. The molecule has 1 fully saturated rings. The van der Waals surface area contributed by atoms with E-state index >= 15 is 0 Å². The first-order chi connectivity index (χ1) is 19.3. The van der Waals surface area contributed by atoms with Gasteiger partial charge in [0, 0.05) is 63.2 Å². The summed E-state index contributed by atoms with van der Waals surface area (Å²) in [7, 11) is -0.107. The molecule has 208 valence electrons. The molecule has 0 bridgehead atoms. The second kappa shape index (κ2) is 10.6. The summed E-state index contributed by atoms with van der Waals surface area (Å²) in [6.45, 7) is 6.71. The zero-order chi connectivity index (χ0) is 27.9. The summed E-state index contributed by atoms with van der Waals surface area (Å²) in [6, 6.07) is 8.53. The second-order valence-corrected chi connectivity index (χ2v) is 11.7. The van der Waals surface area contributed by atoms with E-state index in [1.165, 1.54) is 0 Å². The Labute approximate surface area is 232 Å². The largest absolute Gasteiger partial charge is 0.494 e. The molecule has 5 aromatic rings. The molecular formula is C27H31N9O3S. The summed E-state index contributed by atoms with van der Waals surface area (Å²) < 4.78 is 38.3. The first-order valence-electron chi connectivity index (χ1n) is 13.1. The molecule has 0 spiro atoms. The van der Waals surface area contributed by atoms with Gasteiger partial charge in [-0.05, 0) is 44.3 Å². The fraction of sp³-hybridized carbons (Fsp3) is 0.333. The SMILES string of the molecule is COc1ccc(S(=O)(=O)NCCN2CCN(C)CC2)cc1-n1nc(C)c2cnc(-c3cnn4cccnc34)cc21. The minimum absolute atomic E-state index is 0.143. The molecular weight excluding hydrogens is 530 g/mol. The Bertz CT molecular complexity index is 1790. The van der Waals surface area contributed by atoms with Crippen molar-refractivity contribution >= 4 is 26.6 Å². The summed E-state index contributed by atoms with van der Waals surface area (Å²) >= 11 is 0. The maximum Gasteiger partial charge on any atom is 0.240 e. The number of rotatable bonds is 8. The van der Waals surface area contributed by atoms with Crippen LogP contribution in [0.4, 0.5) is 0 Å². The third-order valence-electron chi connectivity index (χ3n) is 7.31. The number of likely N-dealkylation sites (N-methyl/N-ethyl adjacent to an activating group) is 1. The third kappa shape index (κ3) is 4.92. The highest BCUT2D eigenvalue weighted by Crippen LogP contribution is 2.32. The van der Waals surface area contributed by atoms with Crippen LogP contribution in [0.25, 0.3) is 33.5 Å². The first kappa shape index (κ1) is 26.3. The van der Waals surface area contributed by atoms with Crippen molar-refractivity contribution in [1.82, 2.24) is 43.9 Å². The lowest BCUT2D eigenvalue weighted by atomic mass is 10.1. The number of aryl methyl sites for hydroxylation is 1. The van der Waals surface area contributed by atoms with E-state index in [0.29, 0.717) is 35.9 Å². The lowest BCUT2D eigenvalue weighted by molar-refractivity contribution is 0.156. The number of fused-ring (bicyclic) bond motifs is 2. The van der Waals surface area contributed by atoms with Crippen molar-refractivity contribution < 1.29 is 13.2 Å². The Kier molecular flexibility index (Phi) is 6.96. The van der Waals surface area contributed by atoms with Gasteiger partial charge in [0.1, 0.15) is 11.4 Å². The molecule has 1 aromatic carbocycles. The van der Waals surface area contributed by atoms with E-state index in [4.69, 9.17) is 9.84 Å². The summed E-state index contributed by atoms with van der Waals surface area (Å²) in [5, 5.41) is 9.96. The molecule has 0 aliphatic carbocycles. The Morgan fingerprint density at radius 1 is 1.07 bits per heavy atom. The minimum Gasteiger partial charge on any atom is -0.494 e. The highest BCUT2D eigenvalue weighted by atomic mass is 32.2. The number of pyridine rings is 1. The van der Waals surface area contributed by atoms with Crippen molar-refractivity contribution in [2.24, 2.45) is 0 Å². The van der Waals surface area contributed by atoms with Gasteiger partial charge in [-0.3, -0.25) is 9.88 Å². The third-order valence-corrected chi connectivity index (χ3v) is 8.77. The highest BCUT2D eigenvalue weighted by molar-refractivity contribution is 7.89. The van der Waals surface area contributed by atoms with Crippen molar-refractivity contribution in [3.8, 4) is 22.7 Å². The molecule has 0 radical (unpaired) electrons. The van der Waals surface area contributed by atoms with Crippen molar-refractivity contribution in [3.63, 3.8) is 0 Å². The summed E-state index contributed by atoms with van der Waals surface area (Å²) in [5.74, 6) is 0.497. The van der Waals surface area contributed by atoms with E-state index in [2.05, 4.69) is 36.6 Å². The van der Waals surface area contributed by atoms with Crippen LogP contribution >= 0.6 is 0 Å². The van der Waals surface area contributed by atoms with E-state index in [-0.39, 0.29) is 4.90 Å². The molecule has 0 saturated carbocycles. The van der Waals surface area contributed by atoms with E-state index in [0.717, 1.165) is 48.3 Å². The second-order valence-electron chi connectivity index (χ2n) is 9.91. The van der Waals surface area contributed by atoms with Gasteiger partial charge in [-0.1, -0.05) is 0 Å². The number of piperazine rings is 1. The molecule has 0 amide bonds. The molecule has 12 nitrogen and oxygen atoms in total. The normalized spacial score (nSPS) is 15.3. The molecule has 0 unspecified atom stereocenters. The van der Waals surface area contributed by atoms with Crippen molar-refractivity contribution in [1.29, 1.82) is 0 Å². The fourth-order valence-electron chi connectivity index (χ4n) is 4.99. The van der Waals surface area contributed by atoms with Crippen molar-refractivity contribution in [3.05, 3.63) is 60.8 Å². The minimum atomic E-state index is -3.76. The molecule has 1 saturated heterocycles. The quantitative estimate of drug-likeness (QED) is 0.303. The van der Waals surface area contributed by atoms with Crippen LogP contribution in [0.15, 0.2) is 60.0 Å². The zero-order valence-corrected chi connectivity index (χ0v) is 23.5.